The number of aromatic nitrogens is 1. The second-order valence-corrected chi connectivity index (χ2v) is 6.65. The van der Waals surface area contributed by atoms with Crippen LogP contribution in [0.25, 0.3) is 0 Å². The highest BCUT2D eigenvalue weighted by atomic mass is 35.5. The van der Waals surface area contributed by atoms with Crippen molar-refractivity contribution >= 4 is 17.5 Å². The molecule has 112 valence electrons. The molecule has 1 aromatic carbocycles. The van der Waals surface area contributed by atoms with Gasteiger partial charge in [-0.2, -0.15) is 0 Å². The monoisotopic (exact) mass is 312 g/mol. The van der Waals surface area contributed by atoms with Crippen molar-refractivity contribution in [2.45, 2.75) is 25.3 Å². The molecule has 2 aromatic rings. The number of carbonyl (C=O) groups is 1. The number of rotatable bonds is 1. The van der Waals surface area contributed by atoms with Crippen molar-refractivity contribution < 1.29 is 4.79 Å². The van der Waals surface area contributed by atoms with E-state index >= 15 is 0 Å². The van der Waals surface area contributed by atoms with Crippen molar-refractivity contribution in [2.75, 3.05) is 6.54 Å². The van der Waals surface area contributed by atoms with Crippen molar-refractivity contribution in [1.29, 1.82) is 0 Å². The minimum Gasteiger partial charge on any atom is -0.331 e. The molecule has 1 fully saturated rings. The number of fused-ring (bicyclic) bond motifs is 5. The third-order valence-electron chi connectivity index (χ3n) is 5.09. The minimum absolute atomic E-state index is 0.0752. The fraction of sp³-hybridized carbons (Fsp3) is 0.333. The van der Waals surface area contributed by atoms with Gasteiger partial charge in [-0.1, -0.05) is 24.6 Å². The number of amides is 1. The number of benzene rings is 1. The van der Waals surface area contributed by atoms with Gasteiger partial charge in [-0.15, -0.1) is 0 Å². The van der Waals surface area contributed by atoms with E-state index in [1.807, 2.05) is 23.1 Å². The molecule has 2 bridgehead atoms. The van der Waals surface area contributed by atoms with Gasteiger partial charge in [0.2, 0.25) is 0 Å². The summed E-state index contributed by atoms with van der Waals surface area (Å²) in [6.07, 6.45) is 4.34. The van der Waals surface area contributed by atoms with Crippen LogP contribution in [-0.2, 0) is 0 Å². The van der Waals surface area contributed by atoms with Crippen LogP contribution in [-0.4, -0.2) is 22.3 Å². The summed E-state index contributed by atoms with van der Waals surface area (Å²) in [6.45, 7) is 3.03. The van der Waals surface area contributed by atoms with Crippen molar-refractivity contribution in [1.82, 2.24) is 9.88 Å². The molecule has 22 heavy (non-hydrogen) atoms. The maximum absolute atomic E-state index is 12.9. The number of pyridine rings is 1. The van der Waals surface area contributed by atoms with Crippen molar-refractivity contribution in [3.8, 4) is 0 Å². The summed E-state index contributed by atoms with van der Waals surface area (Å²) in [5, 5.41) is 0.781. The van der Waals surface area contributed by atoms with E-state index in [1.165, 1.54) is 11.1 Å². The molecule has 0 radical (unpaired) electrons. The summed E-state index contributed by atoms with van der Waals surface area (Å²) in [5.74, 6) is 1.02. The van der Waals surface area contributed by atoms with Crippen LogP contribution in [0.5, 0.6) is 0 Å². The van der Waals surface area contributed by atoms with Gasteiger partial charge < -0.3 is 4.90 Å². The number of halogens is 1. The van der Waals surface area contributed by atoms with E-state index in [-0.39, 0.29) is 11.9 Å². The van der Waals surface area contributed by atoms with Crippen LogP contribution >= 0.6 is 11.6 Å². The highest BCUT2D eigenvalue weighted by molar-refractivity contribution is 6.30. The van der Waals surface area contributed by atoms with Crippen molar-refractivity contribution in [3.05, 3.63) is 64.4 Å². The van der Waals surface area contributed by atoms with Gasteiger partial charge in [-0.25, -0.2) is 0 Å². The van der Waals surface area contributed by atoms with E-state index in [0.717, 1.165) is 18.0 Å². The quantitative estimate of drug-likeness (QED) is 0.795. The maximum Gasteiger partial charge on any atom is 0.255 e. The molecule has 2 heterocycles. The normalized spacial score (nSPS) is 25.9. The second kappa shape index (κ2) is 5.10. The molecule has 1 aliphatic heterocycles. The number of carbonyl (C=O) groups excluding carboxylic acids is 1. The average molecular weight is 313 g/mol. The number of hydrogen-bond acceptors (Lipinski definition) is 2. The van der Waals surface area contributed by atoms with Gasteiger partial charge >= 0.3 is 0 Å². The summed E-state index contributed by atoms with van der Waals surface area (Å²) in [4.78, 5) is 19.0. The topological polar surface area (TPSA) is 33.2 Å². The van der Waals surface area contributed by atoms with Crippen LogP contribution in [0.1, 0.15) is 46.8 Å². The van der Waals surface area contributed by atoms with Gasteiger partial charge in [0.05, 0.1) is 11.6 Å². The Morgan fingerprint density at radius 2 is 2.18 bits per heavy atom. The zero-order valence-corrected chi connectivity index (χ0v) is 13.1. The Morgan fingerprint density at radius 1 is 1.32 bits per heavy atom. The van der Waals surface area contributed by atoms with Gasteiger partial charge in [-0.05, 0) is 53.6 Å². The molecule has 0 spiro atoms. The van der Waals surface area contributed by atoms with Crippen LogP contribution in [0.3, 0.4) is 0 Å². The van der Waals surface area contributed by atoms with Crippen LogP contribution in [0.15, 0.2) is 42.7 Å². The van der Waals surface area contributed by atoms with Crippen LogP contribution in [0.4, 0.5) is 0 Å². The minimum atomic E-state index is 0.0752. The van der Waals surface area contributed by atoms with Gasteiger partial charge in [0.25, 0.3) is 5.91 Å². The van der Waals surface area contributed by atoms with E-state index in [4.69, 9.17) is 11.6 Å². The smallest absolute Gasteiger partial charge is 0.255 e. The van der Waals surface area contributed by atoms with E-state index in [1.54, 1.807) is 12.4 Å². The van der Waals surface area contributed by atoms with Crippen LogP contribution in [0.2, 0.25) is 5.02 Å². The fourth-order valence-corrected chi connectivity index (χ4v) is 4.27. The predicted octanol–water partition coefficient (Wildman–Crippen LogP) is 4.06. The number of piperidine rings is 1. The van der Waals surface area contributed by atoms with Crippen LogP contribution in [0, 0.1) is 5.92 Å². The first-order chi connectivity index (χ1) is 10.7. The number of hydrogen-bond donors (Lipinski definition) is 0. The number of likely N-dealkylation sites (tertiary alicyclic amines) is 1. The summed E-state index contributed by atoms with van der Waals surface area (Å²) in [7, 11) is 0. The maximum atomic E-state index is 12.9. The molecule has 3 atom stereocenters. The van der Waals surface area contributed by atoms with Gasteiger partial charge in [-0.3, -0.25) is 9.78 Å². The lowest BCUT2D eigenvalue weighted by Gasteiger charge is -2.38. The molecule has 1 aromatic heterocycles. The first-order valence-corrected chi connectivity index (χ1v) is 8.05. The Balaban J connectivity index is 1.75. The molecular weight excluding hydrogens is 296 g/mol. The Morgan fingerprint density at radius 3 is 2.95 bits per heavy atom. The third kappa shape index (κ3) is 1.96. The molecular formula is C18H17ClN2O. The molecule has 2 aliphatic rings. The summed E-state index contributed by atoms with van der Waals surface area (Å²) >= 11 is 6.17. The first kappa shape index (κ1) is 13.8. The molecule has 0 N–H and O–H groups in total. The SMILES string of the molecule is C[C@H]1C2CCN(C(=O)c3cccnc3)C1c1ccc(Cl)cc12. The molecule has 0 saturated carbocycles. The molecule has 1 saturated heterocycles. The molecule has 1 aliphatic carbocycles. The van der Waals surface area contributed by atoms with Gasteiger partial charge in [0.15, 0.2) is 0 Å². The summed E-state index contributed by atoms with van der Waals surface area (Å²) in [6, 6.07) is 9.90. The van der Waals surface area contributed by atoms with Gasteiger partial charge in [0.1, 0.15) is 0 Å². The lowest BCUT2D eigenvalue weighted by Crippen LogP contribution is -2.41. The van der Waals surface area contributed by atoms with E-state index < -0.39 is 0 Å². The van der Waals surface area contributed by atoms with Gasteiger partial charge in [0, 0.05) is 24.0 Å². The summed E-state index contributed by atoms with van der Waals surface area (Å²) in [5.41, 5.74) is 3.25. The Kier molecular flexibility index (Phi) is 3.19. The predicted molar refractivity (Wildman–Crippen MR) is 86.0 cm³/mol. The second-order valence-electron chi connectivity index (χ2n) is 6.21. The highest BCUT2D eigenvalue weighted by Crippen LogP contribution is 2.53. The highest BCUT2D eigenvalue weighted by Gasteiger charge is 2.46. The zero-order valence-electron chi connectivity index (χ0n) is 12.4. The zero-order chi connectivity index (χ0) is 15.3. The van der Waals surface area contributed by atoms with E-state index in [2.05, 4.69) is 24.0 Å². The lowest BCUT2D eigenvalue weighted by molar-refractivity contribution is 0.0523. The third-order valence-corrected chi connectivity index (χ3v) is 5.32. The summed E-state index contributed by atoms with van der Waals surface area (Å²) < 4.78 is 0. The van der Waals surface area contributed by atoms with Crippen molar-refractivity contribution in [3.63, 3.8) is 0 Å². The molecule has 4 rings (SSSR count). The van der Waals surface area contributed by atoms with Crippen molar-refractivity contribution in [2.24, 2.45) is 5.92 Å². The van der Waals surface area contributed by atoms with Crippen LogP contribution < -0.4 is 0 Å². The molecule has 2 unspecified atom stereocenters. The largest absolute Gasteiger partial charge is 0.331 e. The fourth-order valence-electron chi connectivity index (χ4n) is 4.09. The Hall–Kier alpha value is -1.87. The number of nitrogens with zero attached hydrogens (tertiary/aromatic N) is 2. The molecule has 4 heteroatoms. The van der Waals surface area contributed by atoms with E-state index in [9.17, 15) is 4.79 Å². The Bertz CT molecular complexity index is 731. The standard InChI is InChI=1S/C18H17ClN2O/c1-11-14-6-8-21(18(22)12-3-2-7-20-10-12)17(11)15-5-4-13(19)9-16(14)15/h2-5,7,9-11,14,17H,6,8H2,1H3/t11-,14?,17?/m0/s1. The van der Waals surface area contributed by atoms with E-state index in [0.29, 0.717) is 17.4 Å². The first-order valence-electron chi connectivity index (χ1n) is 7.67. The Labute approximate surface area is 134 Å². The molecule has 1 amide bonds. The average Bonchev–Trinajstić information content (AvgIpc) is 2.70. The lowest BCUT2D eigenvalue weighted by atomic mass is 9.85. The molecule has 3 nitrogen and oxygen atoms in total.